The van der Waals surface area contributed by atoms with Crippen molar-refractivity contribution in [3.8, 4) is 5.88 Å². The molecule has 94 valence electrons. The first-order valence-corrected chi connectivity index (χ1v) is 6.64. The molecule has 0 bridgehead atoms. The molecule has 2 aromatic rings. The van der Waals surface area contributed by atoms with Gasteiger partial charge in [0.05, 0.1) is 0 Å². The zero-order valence-electron chi connectivity index (χ0n) is 10.4. The maximum Gasteiger partial charge on any atom is 0.221 e. The molecule has 1 aliphatic rings. The molecule has 0 radical (unpaired) electrons. The van der Waals surface area contributed by atoms with Crippen LogP contribution in [-0.4, -0.2) is 11.1 Å². The second kappa shape index (κ2) is 4.84. The Balaban J connectivity index is 1.93. The highest BCUT2D eigenvalue weighted by molar-refractivity contribution is 5.95. The van der Waals surface area contributed by atoms with Crippen molar-refractivity contribution in [2.24, 2.45) is 0 Å². The molecule has 0 atom stereocenters. The Hall–Kier alpha value is -1.77. The second-order valence-electron chi connectivity index (χ2n) is 4.94. The Kier molecular flexibility index (Phi) is 3.05. The molecular weight excluding hydrogens is 224 g/mol. The molecule has 18 heavy (non-hydrogen) atoms. The molecule has 1 aliphatic carbocycles. The second-order valence-corrected chi connectivity index (χ2v) is 4.94. The van der Waals surface area contributed by atoms with E-state index in [0.29, 0.717) is 6.10 Å². The van der Waals surface area contributed by atoms with Gasteiger partial charge in [-0.2, -0.15) is 0 Å². The van der Waals surface area contributed by atoms with Crippen LogP contribution in [0.3, 0.4) is 0 Å². The highest BCUT2D eigenvalue weighted by atomic mass is 16.5. The first kappa shape index (κ1) is 11.3. The minimum absolute atomic E-state index is 0.318. The van der Waals surface area contributed by atoms with Crippen molar-refractivity contribution in [3.05, 3.63) is 30.5 Å². The van der Waals surface area contributed by atoms with Gasteiger partial charge in [0.1, 0.15) is 6.10 Å². The van der Waals surface area contributed by atoms with Crippen molar-refractivity contribution in [1.82, 2.24) is 4.98 Å². The number of benzene rings is 1. The SMILES string of the molecule is Nc1cccc2c(OC3CCCCC3)nccc12. The van der Waals surface area contributed by atoms with Crippen molar-refractivity contribution >= 4 is 16.5 Å². The van der Waals surface area contributed by atoms with Gasteiger partial charge in [0.25, 0.3) is 0 Å². The van der Waals surface area contributed by atoms with Crippen LogP contribution in [0.4, 0.5) is 5.69 Å². The van der Waals surface area contributed by atoms with Gasteiger partial charge in [0.15, 0.2) is 0 Å². The third-order valence-electron chi connectivity index (χ3n) is 3.63. The number of hydrogen-bond donors (Lipinski definition) is 1. The molecule has 2 N–H and O–H groups in total. The minimum Gasteiger partial charge on any atom is -0.474 e. The number of fused-ring (bicyclic) bond motifs is 1. The van der Waals surface area contributed by atoms with Crippen molar-refractivity contribution in [1.29, 1.82) is 0 Å². The van der Waals surface area contributed by atoms with Gasteiger partial charge in [0, 0.05) is 22.7 Å². The number of nitrogens with two attached hydrogens (primary N) is 1. The summed E-state index contributed by atoms with van der Waals surface area (Å²) in [6, 6.07) is 7.83. The van der Waals surface area contributed by atoms with Crippen LogP contribution in [0.25, 0.3) is 10.8 Å². The van der Waals surface area contributed by atoms with Crippen LogP contribution in [0, 0.1) is 0 Å². The van der Waals surface area contributed by atoms with E-state index in [-0.39, 0.29) is 0 Å². The summed E-state index contributed by atoms with van der Waals surface area (Å²) in [4.78, 5) is 4.36. The molecule has 1 aromatic heterocycles. The van der Waals surface area contributed by atoms with Gasteiger partial charge < -0.3 is 10.5 Å². The molecule has 1 aromatic carbocycles. The summed E-state index contributed by atoms with van der Waals surface area (Å²) in [5.74, 6) is 0.728. The van der Waals surface area contributed by atoms with E-state index in [1.165, 1.54) is 19.3 Å². The lowest BCUT2D eigenvalue weighted by atomic mass is 9.98. The van der Waals surface area contributed by atoms with Gasteiger partial charge in [-0.05, 0) is 43.9 Å². The largest absolute Gasteiger partial charge is 0.474 e. The molecule has 0 unspecified atom stereocenters. The van der Waals surface area contributed by atoms with Gasteiger partial charge in [0.2, 0.25) is 5.88 Å². The zero-order valence-corrected chi connectivity index (χ0v) is 10.4. The van der Waals surface area contributed by atoms with E-state index < -0.39 is 0 Å². The number of hydrogen-bond acceptors (Lipinski definition) is 3. The quantitative estimate of drug-likeness (QED) is 0.819. The lowest BCUT2D eigenvalue weighted by Crippen LogP contribution is -2.20. The van der Waals surface area contributed by atoms with Gasteiger partial charge >= 0.3 is 0 Å². The molecule has 1 heterocycles. The summed E-state index contributed by atoms with van der Waals surface area (Å²) in [5, 5.41) is 2.04. The summed E-state index contributed by atoms with van der Waals surface area (Å²) in [6.45, 7) is 0. The number of nitrogen functional groups attached to an aromatic ring is 1. The summed E-state index contributed by atoms with van der Waals surface area (Å²) in [6.07, 6.45) is 8.22. The van der Waals surface area contributed by atoms with Crippen LogP contribution in [0.5, 0.6) is 5.88 Å². The fourth-order valence-electron chi connectivity index (χ4n) is 2.64. The maximum atomic E-state index is 6.06. The number of anilines is 1. The van der Waals surface area contributed by atoms with Crippen molar-refractivity contribution in [2.75, 3.05) is 5.73 Å². The fourth-order valence-corrected chi connectivity index (χ4v) is 2.64. The van der Waals surface area contributed by atoms with Crippen LogP contribution >= 0.6 is 0 Å². The lowest BCUT2D eigenvalue weighted by Gasteiger charge is -2.23. The molecule has 3 rings (SSSR count). The van der Waals surface area contributed by atoms with Crippen LogP contribution in [0.15, 0.2) is 30.5 Å². The summed E-state index contributed by atoms with van der Waals surface area (Å²) < 4.78 is 6.06. The predicted octanol–water partition coefficient (Wildman–Crippen LogP) is 3.53. The molecule has 3 nitrogen and oxygen atoms in total. The lowest BCUT2D eigenvalue weighted by molar-refractivity contribution is 0.151. The van der Waals surface area contributed by atoms with E-state index in [0.717, 1.165) is 35.2 Å². The van der Waals surface area contributed by atoms with Crippen molar-refractivity contribution in [2.45, 2.75) is 38.2 Å². The minimum atomic E-state index is 0.318. The molecule has 1 saturated carbocycles. The van der Waals surface area contributed by atoms with Gasteiger partial charge in [-0.3, -0.25) is 0 Å². The summed E-state index contributed by atoms with van der Waals surface area (Å²) in [7, 11) is 0. The van der Waals surface area contributed by atoms with Crippen LogP contribution in [0.2, 0.25) is 0 Å². The third-order valence-corrected chi connectivity index (χ3v) is 3.63. The molecule has 1 fully saturated rings. The van der Waals surface area contributed by atoms with E-state index in [2.05, 4.69) is 4.98 Å². The third kappa shape index (κ3) is 2.13. The molecule has 0 amide bonds. The Morgan fingerprint density at radius 2 is 1.89 bits per heavy atom. The van der Waals surface area contributed by atoms with Gasteiger partial charge in [-0.1, -0.05) is 12.5 Å². The van der Waals surface area contributed by atoms with Crippen molar-refractivity contribution < 1.29 is 4.74 Å². The Labute approximate surface area is 107 Å². The van der Waals surface area contributed by atoms with Gasteiger partial charge in [-0.15, -0.1) is 0 Å². The Bertz CT molecular complexity index is 547. The molecule has 0 spiro atoms. The average Bonchev–Trinajstić information content (AvgIpc) is 2.41. The molecule has 3 heteroatoms. The smallest absolute Gasteiger partial charge is 0.221 e. The number of aromatic nitrogens is 1. The number of nitrogens with zero attached hydrogens (tertiary/aromatic N) is 1. The number of pyridine rings is 1. The topological polar surface area (TPSA) is 48.1 Å². The standard InChI is InChI=1S/C15H18N2O/c16-14-8-4-7-13-12(14)9-10-17-15(13)18-11-5-2-1-3-6-11/h4,7-11H,1-3,5-6,16H2. The highest BCUT2D eigenvalue weighted by Crippen LogP contribution is 2.30. The summed E-state index contributed by atoms with van der Waals surface area (Å²) >= 11 is 0. The van der Waals surface area contributed by atoms with E-state index in [4.69, 9.17) is 10.5 Å². The van der Waals surface area contributed by atoms with E-state index in [1.54, 1.807) is 6.20 Å². The zero-order chi connectivity index (χ0) is 12.4. The first-order valence-electron chi connectivity index (χ1n) is 6.64. The van der Waals surface area contributed by atoms with E-state index >= 15 is 0 Å². The molecule has 0 saturated heterocycles. The van der Waals surface area contributed by atoms with Crippen LogP contribution in [-0.2, 0) is 0 Å². The Morgan fingerprint density at radius 3 is 2.72 bits per heavy atom. The van der Waals surface area contributed by atoms with Gasteiger partial charge in [-0.25, -0.2) is 4.98 Å². The number of ether oxygens (including phenoxy) is 1. The molecular formula is C15H18N2O. The van der Waals surface area contributed by atoms with Crippen molar-refractivity contribution in [3.63, 3.8) is 0 Å². The maximum absolute atomic E-state index is 6.06. The summed E-state index contributed by atoms with van der Waals surface area (Å²) in [5.41, 5.74) is 6.76. The highest BCUT2D eigenvalue weighted by Gasteiger charge is 2.16. The number of rotatable bonds is 2. The Morgan fingerprint density at radius 1 is 1.06 bits per heavy atom. The normalized spacial score (nSPS) is 16.9. The van der Waals surface area contributed by atoms with Crippen LogP contribution < -0.4 is 10.5 Å². The fraction of sp³-hybridized carbons (Fsp3) is 0.400. The first-order chi connectivity index (χ1) is 8.84. The van der Waals surface area contributed by atoms with E-state index in [9.17, 15) is 0 Å². The van der Waals surface area contributed by atoms with E-state index in [1.807, 2.05) is 24.3 Å². The predicted molar refractivity (Wildman–Crippen MR) is 73.7 cm³/mol. The average molecular weight is 242 g/mol. The monoisotopic (exact) mass is 242 g/mol. The molecule has 0 aliphatic heterocycles. The van der Waals surface area contributed by atoms with Crippen LogP contribution in [0.1, 0.15) is 32.1 Å².